The van der Waals surface area contributed by atoms with Crippen molar-refractivity contribution in [3.05, 3.63) is 188 Å². The highest BCUT2D eigenvalue weighted by molar-refractivity contribution is 6.04. The first-order valence-electron chi connectivity index (χ1n) is 16.3. The summed E-state index contributed by atoms with van der Waals surface area (Å²) >= 11 is 0. The maximum Gasteiger partial charge on any atom is 0.145 e. The van der Waals surface area contributed by atoms with Crippen LogP contribution in [0.5, 0.6) is 0 Å². The molecule has 0 saturated carbocycles. The number of furan rings is 1. The van der Waals surface area contributed by atoms with E-state index >= 15 is 0 Å². The van der Waals surface area contributed by atoms with E-state index in [1.807, 2.05) is 6.07 Å². The Morgan fingerprint density at radius 2 is 0.958 bits per heavy atom. The molecule has 2 heteroatoms. The minimum absolute atomic E-state index is 0.858. The largest absolute Gasteiger partial charge is 0.455 e. The van der Waals surface area contributed by atoms with Crippen molar-refractivity contribution in [1.29, 1.82) is 0 Å². The molecule has 1 aromatic heterocycles. The lowest BCUT2D eigenvalue weighted by molar-refractivity contribution is 0.632. The van der Waals surface area contributed by atoms with Gasteiger partial charge in [-0.15, -0.1) is 0 Å². The lowest BCUT2D eigenvalue weighted by Gasteiger charge is -2.28. The maximum absolute atomic E-state index is 6.76. The first-order chi connectivity index (χ1) is 23.8. The van der Waals surface area contributed by atoms with Crippen LogP contribution in [0.4, 0.5) is 17.1 Å². The van der Waals surface area contributed by atoms with Gasteiger partial charge in [0.1, 0.15) is 11.3 Å². The van der Waals surface area contributed by atoms with E-state index < -0.39 is 0 Å². The monoisotopic (exact) mass is 613 g/mol. The molecule has 1 heterocycles. The topological polar surface area (TPSA) is 16.4 Å². The van der Waals surface area contributed by atoms with E-state index in [0.717, 1.165) is 50.5 Å². The number of rotatable bonds is 6. The summed E-state index contributed by atoms with van der Waals surface area (Å²) in [6.07, 6.45) is 0. The van der Waals surface area contributed by atoms with Gasteiger partial charge in [0.2, 0.25) is 0 Å². The molecule has 0 fully saturated rings. The lowest BCUT2D eigenvalue weighted by Crippen LogP contribution is -2.11. The molecule has 0 N–H and O–H groups in total. The van der Waals surface area contributed by atoms with Crippen molar-refractivity contribution in [3.8, 4) is 33.6 Å². The SMILES string of the molecule is c1ccc(-c2c(-c3ccccc3N(c3ccc(-c4ccc5ccccc5c4)cc3)c3ccc4ccccc4c3)oc3ccccc23)cc1. The zero-order valence-corrected chi connectivity index (χ0v) is 26.3. The van der Waals surface area contributed by atoms with Crippen LogP contribution in [0.1, 0.15) is 0 Å². The number of hydrogen-bond donors (Lipinski definition) is 0. The van der Waals surface area contributed by atoms with Crippen LogP contribution >= 0.6 is 0 Å². The Balaban J connectivity index is 1.24. The van der Waals surface area contributed by atoms with E-state index in [1.165, 1.54) is 32.7 Å². The lowest BCUT2D eigenvalue weighted by atomic mass is 9.97. The van der Waals surface area contributed by atoms with E-state index in [0.29, 0.717) is 0 Å². The fourth-order valence-corrected chi connectivity index (χ4v) is 6.90. The zero-order chi connectivity index (χ0) is 31.9. The number of para-hydroxylation sites is 2. The van der Waals surface area contributed by atoms with E-state index in [-0.39, 0.29) is 0 Å². The molecule has 0 aliphatic carbocycles. The quantitative estimate of drug-likeness (QED) is 0.185. The van der Waals surface area contributed by atoms with E-state index in [4.69, 9.17) is 4.42 Å². The molecule has 9 rings (SSSR count). The van der Waals surface area contributed by atoms with Crippen molar-refractivity contribution in [2.45, 2.75) is 0 Å². The van der Waals surface area contributed by atoms with Crippen LogP contribution in [0, 0.1) is 0 Å². The maximum atomic E-state index is 6.76. The summed E-state index contributed by atoms with van der Waals surface area (Å²) in [4.78, 5) is 2.36. The van der Waals surface area contributed by atoms with Gasteiger partial charge in [-0.2, -0.15) is 0 Å². The molecule has 9 aromatic rings. The molecular weight excluding hydrogens is 583 g/mol. The summed E-state index contributed by atoms with van der Waals surface area (Å²) in [5.74, 6) is 0.858. The van der Waals surface area contributed by atoms with Gasteiger partial charge in [-0.1, -0.05) is 140 Å². The molecule has 226 valence electrons. The molecule has 0 atom stereocenters. The molecule has 0 saturated heterocycles. The zero-order valence-electron chi connectivity index (χ0n) is 26.3. The molecule has 0 aliphatic heterocycles. The van der Waals surface area contributed by atoms with Crippen LogP contribution in [0.2, 0.25) is 0 Å². The summed E-state index contributed by atoms with van der Waals surface area (Å²) in [5.41, 5.74) is 9.71. The minimum atomic E-state index is 0.858. The molecule has 0 bridgehead atoms. The Morgan fingerprint density at radius 1 is 0.375 bits per heavy atom. The average Bonchev–Trinajstić information content (AvgIpc) is 3.55. The summed E-state index contributed by atoms with van der Waals surface area (Å²) < 4.78 is 6.76. The second kappa shape index (κ2) is 11.8. The van der Waals surface area contributed by atoms with Gasteiger partial charge in [-0.3, -0.25) is 0 Å². The summed E-state index contributed by atoms with van der Waals surface area (Å²) in [6.45, 7) is 0. The van der Waals surface area contributed by atoms with Crippen LogP contribution in [-0.4, -0.2) is 0 Å². The standard InChI is InChI=1S/C46H31NO/c1-2-14-35(15-3-1)45-42-19-9-11-21-44(42)48-46(45)41-18-8-10-20-43(41)47(40-29-26-33-13-5-7-17-37(33)31-40)39-27-24-34(25-28-39)38-23-22-32-12-4-6-16-36(32)30-38/h1-31H. The highest BCUT2D eigenvalue weighted by Crippen LogP contribution is 2.47. The van der Waals surface area contributed by atoms with Gasteiger partial charge < -0.3 is 9.32 Å². The van der Waals surface area contributed by atoms with Gasteiger partial charge in [-0.25, -0.2) is 0 Å². The predicted molar refractivity (Wildman–Crippen MR) is 202 cm³/mol. The summed E-state index contributed by atoms with van der Waals surface area (Å²) in [6, 6.07) is 66.8. The predicted octanol–water partition coefficient (Wildman–Crippen LogP) is 13.2. The van der Waals surface area contributed by atoms with E-state index in [9.17, 15) is 0 Å². The van der Waals surface area contributed by atoms with Crippen LogP contribution in [0.15, 0.2) is 192 Å². The Bertz CT molecular complexity index is 2560. The Kier molecular flexibility index (Phi) is 6.84. The molecule has 0 unspecified atom stereocenters. The highest BCUT2D eigenvalue weighted by Gasteiger charge is 2.23. The fourth-order valence-electron chi connectivity index (χ4n) is 6.90. The van der Waals surface area contributed by atoms with Crippen molar-refractivity contribution < 1.29 is 4.42 Å². The minimum Gasteiger partial charge on any atom is -0.455 e. The van der Waals surface area contributed by atoms with Crippen molar-refractivity contribution in [2.75, 3.05) is 4.90 Å². The molecule has 0 amide bonds. The van der Waals surface area contributed by atoms with Crippen molar-refractivity contribution in [1.82, 2.24) is 0 Å². The van der Waals surface area contributed by atoms with Crippen LogP contribution < -0.4 is 4.90 Å². The number of anilines is 3. The first-order valence-corrected chi connectivity index (χ1v) is 16.3. The number of nitrogens with zero attached hydrogens (tertiary/aromatic N) is 1. The van der Waals surface area contributed by atoms with Crippen LogP contribution in [0.25, 0.3) is 66.1 Å². The van der Waals surface area contributed by atoms with Crippen LogP contribution in [-0.2, 0) is 0 Å². The average molecular weight is 614 g/mol. The molecular formula is C46H31NO. The molecule has 0 radical (unpaired) electrons. The second-order valence-electron chi connectivity index (χ2n) is 12.2. The number of fused-ring (bicyclic) bond motifs is 3. The molecule has 48 heavy (non-hydrogen) atoms. The van der Waals surface area contributed by atoms with Gasteiger partial charge in [0, 0.05) is 27.9 Å². The number of benzene rings is 8. The molecule has 0 aliphatic rings. The van der Waals surface area contributed by atoms with Crippen molar-refractivity contribution in [2.24, 2.45) is 0 Å². The number of hydrogen-bond acceptors (Lipinski definition) is 2. The third kappa shape index (κ3) is 4.92. The molecule has 0 spiro atoms. The smallest absolute Gasteiger partial charge is 0.145 e. The van der Waals surface area contributed by atoms with Gasteiger partial charge in [0.25, 0.3) is 0 Å². The second-order valence-corrected chi connectivity index (χ2v) is 12.2. The van der Waals surface area contributed by atoms with E-state index in [2.05, 4.69) is 187 Å². The third-order valence-corrected chi connectivity index (χ3v) is 9.25. The summed E-state index contributed by atoms with van der Waals surface area (Å²) in [7, 11) is 0. The third-order valence-electron chi connectivity index (χ3n) is 9.25. The molecule has 2 nitrogen and oxygen atoms in total. The normalized spacial score (nSPS) is 11.3. The van der Waals surface area contributed by atoms with Gasteiger partial charge in [0.15, 0.2) is 0 Å². The van der Waals surface area contributed by atoms with E-state index in [1.54, 1.807) is 0 Å². The van der Waals surface area contributed by atoms with Gasteiger partial charge in [0.05, 0.1) is 5.69 Å². The van der Waals surface area contributed by atoms with Crippen molar-refractivity contribution >= 4 is 49.6 Å². The Hall–Kier alpha value is -6.38. The van der Waals surface area contributed by atoms with Crippen molar-refractivity contribution in [3.63, 3.8) is 0 Å². The Labute approximate surface area is 279 Å². The summed E-state index contributed by atoms with van der Waals surface area (Å²) in [5, 5.41) is 6.00. The molecule has 8 aromatic carbocycles. The van der Waals surface area contributed by atoms with Gasteiger partial charge >= 0.3 is 0 Å². The highest BCUT2D eigenvalue weighted by atomic mass is 16.3. The van der Waals surface area contributed by atoms with Crippen LogP contribution in [0.3, 0.4) is 0 Å². The first kappa shape index (κ1) is 27.9. The Morgan fingerprint density at radius 3 is 1.75 bits per heavy atom. The van der Waals surface area contributed by atoms with Gasteiger partial charge in [-0.05, 0) is 86.8 Å². The fraction of sp³-hybridized carbons (Fsp3) is 0.